The molecule has 0 radical (unpaired) electrons. The van der Waals surface area contributed by atoms with Gasteiger partial charge in [0.25, 0.3) is 0 Å². The molecule has 0 aromatic rings. The normalized spacial score (nSPS) is 31.7. The molecule has 0 aliphatic carbocycles. The van der Waals surface area contributed by atoms with E-state index in [0.717, 1.165) is 0 Å². The van der Waals surface area contributed by atoms with Crippen molar-refractivity contribution < 1.29 is 19.5 Å². The molecule has 2 rings (SSSR count). The first-order chi connectivity index (χ1) is 8.83. The Hall–Kier alpha value is -1.59. The Kier molecular flexibility index (Phi) is 3.52. The number of carbonyl (C=O) groups excluding carboxylic acids is 2. The van der Waals surface area contributed by atoms with Crippen LogP contribution in [0.1, 0.15) is 26.2 Å². The number of piperidine rings is 1. The second-order valence-electron chi connectivity index (χ2n) is 5.88. The first-order valence-electron chi connectivity index (χ1n) is 6.59. The van der Waals surface area contributed by atoms with Crippen LogP contribution in [0.4, 0.5) is 0 Å². The number of likely N-dealkylation sites (tertiary alicyclic amines) is 2. The van der Waals surface area contributed by atoms with Gasteiger partial charge in [0.2, 0.25) is 11.8 Å². The van der Waals surface area contributed by atoms with E-state index in [9.17, 15) is 14.4 Å². The van der Waals surface area contributed by atoms with Gasteiger partial charge in [-0.15, -0.1) is 0 Å². The molecule has 2 saturated heterocycles. The average molecular weight is 268 g/mol. The highest BCUT2D eigenvalue weighted by Crippen LogP contribution is 2.32. The second kappa shape index (κ2) is 4.83. The van der Waals surface area contributed by atoms with E-state index in [4.69, 9.17) is 5.11 Å². The number of carboxylic acid groups (broad SMARTS) is 1. The molecule has 0 unspecified atom stereocenters. The average Bonchev–Trinajstić information content (AvgIpc) is 2.76. The molecule has 0 spiro atoms. The summed E-state index contributed by atoms with van der Waals surface area (Å²) in [5, 5.41) is 9.16. The zero-order valence-corrected chi connectivity index (χ0v) is 11.4. The Balaban J connectivity index is 1.98. The van der Waals surface area contributed by atoms with Crippen molar-refractivity contribution in [1.82, 2.24) is 9.80 Å². The predicted octanol–water partition coefficient (Wildman–Crippen LogP) is 0.178. The largest absolute Gasteiger partial charge is 0.481 e. The summed E-state index contributed by atoms with van der Waals surface area (Å²) in [6.07, 6.45) is 1.39. The molecule has 0 bridgehead atoms. The molecule has 6 nitrogen and oxygen atoms in total. The summed E-state index contributed by atoms with van der Waals surface area (Å²) in [5.41, 5.74) is -0.842. The fourth-order valence-corrected chi connectivity index (χ4v) is 2.74. The molecule has 2 aliphatic rings. The van der Waals surface area contributed by atoms with Crippen LogP contribution >= 0.6 is 0 Å². The van der Waals surface area contributed by atoms with E-state index in [-0.39, 0.29) is 30.7 Å². The minimum absolute atomic E-state index is 0.00945. The lowest BCUT2D eigenvalue weighted by Crippen LogP contribution is -2.44. The van der Waals surface area contributed by atoms with Crippen LogP contribution < -0.4 is 0 Å². The number of nitrogens with zero attached hydrogens (tertiary/aromatic N) is 2. The van der Waals surface area contributed by atoms with Gasteiger partial charge in [-0.1, -0.05) is 0 Å². The van der Waals surface area contributed by atoms with E-state index in [0.29, 0.717) is 25.9 Å². The molecule has 106 valence electrons. The number of hydrogen-bond donors (Lipinski definition) is 1. The maximum absolute atomic E-state index is 12.3. The summed E-state index contributed by atoms with van der Waals surface area (Å²) in [6, 6.07) is 0. The predicted molar refractivity (Wildman–Crippen MR) is 67.3 cm³/mol. The standard InChI is InChI=1S/C13H20N2O4/c1-13(12(18)19)4-6-15(8-13)11(17)9-3-5-14(2)10(16)7-9/h9H,3-8H2,1-2H3,(H,18,19)/t9-,13-/m1/s1. The minimum atomic E-state index is -0.859. The Bertz CT molecular complexity index is 423. The van der Waals surface area contributed by atoms with Crippen molar-refractivity contribution in [2.24, 2.45) is 11.3 Å². The lowest BCUT2D eigenvalue weighted by molar-refractivity contribution is -0.148. The van der Waals surface area contributed by atoms with Crippen LogP contribution in [-0.4, -0.2) is 59.4 Å². The van der Waals surface area contributed by atoms with Crippen LogP contribution in [0.5, 0.6) is 0 Å². The Morgan fingerprint density at radius 1 is 1.37 bits per heavy atom. The van der Waals surface area contributed by atoms with E-state index in [1.54, 1.807) is 23.8 Å². The quantitative estimate of drug-likeness (QED) is 0.775. The van der Waals surface area contributed by atoms with E-state index in [1.165, 1.54) is 0 Å². The number of amides is 2. The molecule has 0 aromatic carbocycles. The topological polar surface area (TPSA) is 77.9 Å². The summed E-state index contributed by atoms with van der Waals surface area (Å²) < 4.78 is 0. The molecule has 0 aromatic heterocycles. The van der Waals surface area contributed by atoms with Crippen molar-refractivity contribution in [1.29, 1.82) is 0 Å². The van der Waals surface area contributed by atoms with Gasteiger partial charge in [0.05, 0.1) is 5.41 Å². The third-order valence-electron chi connectivity index (χ3n) is 4.31. The molecule has 2 amide bonds. The third-order valence-corrected chi connectivity index (χ3v) is 4.31. The Morgan fingerprint density at radius 3 is 2.58 bits per heavy atom. The van der Waals surface area contributed by atoms with Crippen LogP contribution in [0.3, 0.4) is 0 Å². The van der Waals surface area contributed by atoms with Crippen molar-refractivity contribution in [2.75, 3.05) is 26.7 Å². The van der Waals surface area contributed by atoms with Gasteiger partial charge in [-0.25, -0.2) is 0 Å². The number of carboxylic acids is 1. The van der Waals surface area contributed by atoms with Crippen molar-refractivity contribution in [3.63, 3.8) is 0 Å². The zero-order valence-electron chi connectivity index (χ0n) is 11.4. The summed E-state index contributed by atoms with van der Waals surface area (Å²) in [6.45, 7) is 2.99. The Morgan fingerprint density at radius 2 is 2.05 bits per heavy atom. The zero-order chi connectivity index (χ0) is 14.2. The molecular weight excluding hydrogens is 248 g/mol. The smallest absolute Gasteiger partial charge is 0.311 e. The third kappa shape index (κ3) is 2.57. The molecule has 6 heteroatoms. The van der Waals surface area contributed by atoms with Crippen LogP contribution in [0.25, 0.3) is 0 Å². The van der Waals surface area contributed by atoms with Gasteiger partial charge in [0.15, 0.2) is 0 Å². The van der Waals surface area contributed by atoms with Gasteiger partial charge in [0.1, 0.15) is 0 Å². The van der Waals surface area contributed by atoms with Crippen LogP contribution in [0, 0.1) is 11.3 Å². The van der Waals surface area contributed by atoms with Gasteiger partial charge in [0, 0.05) is 39.0 Å². The van der Waals surface area contributed by atoms with Gasteiger partial charge in [-0.2, -0.15) is 0 Å². The van der Waals surface area contributed by atoms with Crippen molar-refractivity contribution in [2.45, 2.75) is 26.2 Å². The van der Waals surface area contributed by atoms with E-state index >= 15 is 0 Å². The lowest BCUT2D eigenvalue weighted by atomic mass is 9.90. The molecule has 19 heavy (non-hydrogen) atoms. The first-order valence-corrected chi connectivity index (χ1v) is 6.59. The lowest BCUT2D eigenvalue weighted by Gasteiger charge is -2.31. The van der Waals surface area contributed by atoms with Crippen molar-refractivity contribution in [3.05, 3.63) is 0 Å². The van der Waals surface area contributed by atoms with E-state index < -0.39 is 11.4 Å². The maximum Gasteiger partial charge on any atom is 0.311 e. The SMILES string of the molecule is CN1CC[C@@H](C(=O)N2CC[C@@](C)(C(=O)O)C2)CC1=O. The molecule has 2 aliphatic heterocycles. The van der Waals surface area contributed by atoms with Crippen LogP contribution in [-0.2, 0) is 14.4 Å². The second-order valence-corrected chi connectivity index (χ2v) is 5.88. The molecular formula is C13H20N2O4. The molecule has 0 saturated carbocycles. The van der Waals surface area contributed by atoms with Gasteiger partial charge >= 0.3 is 5.97 Å². The fraction of sp³-hybridized carbons (Fsp3) is 0.769. The summed E-state index contributed by atoms with van der Waals surface area (Å²) in [4.78, 5) is 38.4. The highest BCUT2D eigenvalue weighted by Gasteiger charge is 2.44. The molecule has 2 atom stereocenters. The monoisotopic (exact) mass is 268 g/mol. The van der Waals surface area contributed by atoms with E-state index in [2.05, 4.69) is 0 Å². The van der Waals surface area contributed by atoms with Crippen LogP contribution in [0.2, 0.25) is 0 Å². The Labute approximate surface area is 112 Å². The highest BCUT2D eigenvalue weighted by atomic mass is 16.4. The fourth-order valence-electron chi connectivity index (χ4n) is 2.74. The van der Waals surface area contributed by atoms with Gasteiger partial charge < -0.3 is 14.9 Å². The number of rotatable bonds is 2. The highest BCUT2D eigenvalue weighted by molar-refractivity contribution is 5.87. The van der Waals surface area contributed by atoms with Crippen molar-refractivity contribution in [3.8, 4) is 0 Å². The first kappa shape index (κ1) is 13.8. The van der Waals surface area contributed by atoms with E-state index in [1.807, 2.05) is 0 Å². The molecule has 1 N–H and O–H groups in total. The number of carbonyl (C=O) groups is 3. The number of aliphatic carboxylic acids is 1. The summed E-state index contributed by atoms with van der Waals surface area (Å²) in [7, 11) is 1.74. The van der Waals surface area contributed by atoms with Crippen LogP contribution in [0.15, 0.2) is 0 Å². The van der Waals surface area contributed by atoms with Crippen molar-refractivity contribution >= 4 is 17.8 Å². The van der Waals surface area contributed by atoms with Gasteiger partial charge in [-0.3, -0.25) is 14.4 Å². The minimum Gasteiger partial charge on any atom is -0.481 e. The number of hydrogen-bond acceptors (Lipinski definition) is 3. The van der Waals surface area contributed by atoms with Gasteiger partial charge in [-0.05, 0) is 19.8 Å². The summed E-state index contributed by atoms with van der Waals surface area (Å²) >= 11 is 0. The molecule has 2 fully saturated rings. The molecule has 2 heterocycles. The summed E-state index contributed by atoms with van der Waals surface area (Å²) in [5.74, 6) is -1.21. The maximum atomic E-state index is 12.3.